The summed E-state index contributed by atoms with van der Waals surface area (Å²) in [5.41, 5.74) is 0.725. The second-order valence-corrected chi connectivity index (χ2v) is 4.25. The van der Waals surface area contributed by atoms with E-state index in [4.69, 9.17) is 9.84 Å². The summed E-state index contributed by atoms with van der Waals surface area (Å²) in [6.07, 6.45) is 2.75. The molecule has 0 saturated heterocycles. The molecule has 0 radical (unpaired) electrons. The standard InChI is InChI=1S/C14H20O3/c1-11(15)5-3-4-6-14(16)12-7-9-13(17-2)10-8-12/h7-11,15H,3-6H2,1-2H3. The third kappa shape index (κ3) is 5.00. The zero-order valence-electron chi connectivity index (χ0n) is 10.5. The molecule has 0 fully saturated rings. The molecule has 1 unspecified atom stereocenters. The van der Waals surface area contributed by atoms with Gasteiger partial charge < -0.3 is 9.84 Å². The van der Waals surface area contributed by atoms with Crippen molar-refractivity contribution >= 4 is 5.78 Å². The highest BCUT2D eigenvalue weighted by Gasteiger charge is 2.06. The van der Waals surface area contributed by atoms with Crippen molar-refractivity contribution in [2.24, 2.45) is 0 Å². The lowest BCUT2D eigenvalue weighted by molar-refractivity contribution is 0.0976. The predicted octanol–water partition coefficient (Wildman–Crippen LogP) is 2.82. The minimum absolute atomic E-state index is 0.151. The van der Waals surface area contributed by atoms with Crippen LogP contribution in [0.1, 0.15) is 43.0 Å². The van der Waals surface area contributed by atoms with Crippen molar-refractivity contribution < 1.29 is 14.6 Å². The molecule has 94 valence electrons. The summed E-state index contributed by atoms with van der Waals surface area (Å²) >= 11 is 0. The molecule has 3 nitrogen and oxygen atoms in total. The number of hydrogen-bond acceptors (Lipinski definition) is 3. The first-order valence-electron chi connectivity index (χ1n) is 5.99. The van der Waals surface area contributed by atoms with Gasteiger partial charge in [0.2, 0.25) is 0 Å². The molecular weight excluding hydrogens is 216 g/mol. The van der Waals surface area contributed by atoms with Crippen LogP contribution < -0.4 is 4.74 Å². The summed E-state index contributed by atoms with van der Waals surface area (Å²) in [7, 11) is 1.60. The van der Waals surface area contributed by atoms with Crippen molar-refractivity contribution in [2.45, 2.75) is 38.7 Å². The first-order chi connectivity index (χ1) is 8.13. The molecule has 0 bridgehead atoms. The van der Waals surface area contributed by atoms with Gasteiger partial charge in [-0.3, -0.25) is 4.79 Å². The van der Waals surface area contributed by atoms with Crippen molar-refractivity contribution in [3.05, 3.63) is 29.8 Å². The number of aliphatic hydroxyl groups excluding tert-OH is 1. The quantitative estimate of drug-likeness (QED) is 0.585. The fraction of sp³-hybridized carbons (Fsp3) is 0.500. The smallest absolute Gasteiger partial charge is 0.162 e. The number of ketones is 1. The van der Waals surface area contributed by atoms with E-state index in [1.807, 2.05) is 0 Å². The van der Waals surface area contributed by atoms with Crippen LogP contribution in [0.25, 0.3) is 0 Å². The van der Waals surface area contributed by atoms with E-state index in [9.17, 15) is 4.79 Å². The summed E-state index contributed by atoms with van der Waals surface area (Å²) in [6.45, 7) is 1.77. The number of benzene rings is 1. The third-order valence-corrected chi connectivity index (χ3v) is 2.69. The van der Waals surface area contributed by atoms with Gasteiger partial charge in [0.1, 0.15) is 5.75 Å². The average Bonchev–Trinajstić information content (AvgIpc) is 2.34. The molecule has 1 aromatic carbocycles. The number of hydrogen-bond donors (Lipinski definition) is 1. The van der Waals surface area contributed by atoms with Crippen LogP contribution in [0.5, 0.6) is 5.75 Å². The normalized spacial score (nSPS) is 12.2. The molecule has 0 amide bonds. The summed E-state index contributed by atoms with van der Waals surface area (Å²) in [4.78, 5) is 11.8. The molecule has 0 aliphatic heterocycles. The van der Waals surface area contributed by atoms with Gasteiger partial charge in [0.25, 0.3) is 0 Å². The van der Waals surface area contributed by atoms with E-state index in [1.165, 1.54) is 0 Å². The van der Waals surface area contributed by atoms with Gasteiger partial charge in [0, 0.05) is 12.0 Å². The highest BCUT2D eigenvalue weighted by Crippen LogP contribution is 2.14. The maximum absolute atomic E-state index is 11.8. The summed E-state index contributed by atoms with van der Waals surface area (Å²) in [6, 6.07) is 7.16. The molecule has 17 heavy (non-hydrogen) atoms. The number of rotatable bonds is 7. The highest BCUT2D eigenvalue weighted by atomic mass is 16.5. The van der Waals surface area contributed by atoms with Gasteiger partial charge in [-0.2, -0.15) is 0 Å². The molecule has 3 heteroatoms. The number of unbranched alkanes of at least 4 members (excludes halogenated alkanes) is 1. The van der Waals surface area contributed by atoms with E-state index in [0.717, 1.165) is 30.6 Å². The van der Waals surface area contributed by atoms with Gasteiger partial charge in [0.05, 0.1) is 13.2 Å². The molecular formula is C14H20O3. The van der Waals surface area contributed by atoms with E-state index < -0.39 is 0 Å². The molecule has 1 rings (SSSR count). The Balaban J connectivity index is 2.36. The number of aliphatic hydroxyl groups is 1. The molecule has 0 aromatic heterocycles. The van der Waals surface area contributed by atoms with Gasteiger partial charge in [-0.15, -0.1) is 0 Å². The second-order valence-electron chi connectivity index (χ2n) is 4.25. The van der Waals surface area contributed by atoms with Crippen molar-refractivity contribution in [2.75, 3.05) is 7.11 Å². The van der Waals surface area contributed by atoms with E-state index in [-0.39, 0.29) is 11.9 Å². The first-order valence-corrected chi connectivity index (χ1v) is 5.99. The van der Waals surface area contributed by atoms with Crippen molar-refractivity contribution in [1.29, 1.82) is 0 Å². The summed E-state index contributed by atoms with van der Waals surface area (Å²) in [5, 5.41) is 9.09. The zero-order chi connectivity index (χ0) is 12.7. The Morgan fingerprint density at radius 2 is 1.94 bits per heavy atom. The average molecular weight is 236 g/mol. The monoisotopic (exact) mass is 236 g/mol. The lowest BCUT2D eigenvalue weighted by Gasteiger charge is -2.04. The minimum Gasteiger partial charge on any atom is -0.497 e. The Morgan fingerprint density at radius 1 is 1.29 bits per heavy atom. The van der Waals surface area contributed by atoms with Crippen LogP contribution in [0, 0.1) is 0 Å². The van der Waals surface area contributed by atoms with Crippen LogP contribution in [0.2, 0.25) is 0 Å². The van der Waals surface area contributed by atoms with E-state index in [0.29, 0.717) is 6.42 Å². The lowest BCUT2D eigenvalue weighted by Crippen LogP contribution is -2.02. The van der Waals surface area contributed by atoms with E-state index in [2.05, 4.69) is 0 Å². The van der Waals surface area contributed by atoms with Crippen LogP contribution in [0.3, 0.4) is 0 Å². The van der Waals surface area contributed by atoms with Gasteiger partial charge >= 0.3 is 0 Å². The fourth-order valence-electron chi connectivity index (χ4n) is 1.65. The number of Topliss-reactive ketones (excluding diaryl/α,β-unsaturated/α-hetero) is 1. The number of ether oxygens (including phenoxy) is 1. The Bertz CT molecular complexity index is 341. The lowest BCUT2D eigenvalue weighted by atomic mass is 10.0. The third-order valence-electron chi connectivity index (χ3n) is 2.69. The van der Waals surface area contributed by atoms with Crippen LogP contribution in [-0.4, -0.2) is 24.1 Å². The molecule has 0 heterocycles. The summed E-state index contributed by atoms with van der Waals surface area (Å²) in [5.74, 6) is 0.911. The molecule has 0 spiro atoms. The van der Waals surface area contributed by atoms with E-state index in [1.54, 1.807) is 38.3 Å². The van der Waals surface area contributed by atoms with Gasteiger partial charge in [-0.05, 0) is 44.0 Å². The number of carbonyl (C=O) groups excluding carboxylic acids is 1. The second kappa shape index (κ2) is 7.07. The molecule has 1 aromatic rings. The Morgan fingerprint density at radius 3 is 2.47 bits per heavy atom. The SMILES string of the molecule is COc1ccc(C(=O)CCCCC(C)O)cc1. The van der Waals surface area contributed by atoms with Crippen LogP contribution in [0.15, 0.2) is 24.3 Å². The van der Waals surface area contributed by atoms with Crippen LogP contribution >= 0.6 is 0 Å². The Labute approximate surface area is 102 Å². The van der Waals surface area contributed by atoms with Crippen molar-refractivity contribution in [3.8, 4) is 5.75 Å². The van der Waals surface area contributed by atoms with Crippen molar-refractivity contribution in [1.82, 2.24) is 0 Å². The first kappa shape index (κ1) is 13.7. The Kier molecular flexibility index (Phi) is 5.70. The van der Waals surface area contributed by atoms with Gasteiger partial charge in [-0.1, -0.05) is 6.42 Å². The molecule has 0 aliphatic rings. The summed E-state index contributed by atoms with van der Waals surface area (Å²) < 4.78 is 5.03. The molecule has 1 atom stereocenters. The molecule has 0 saturated carbocycles. The number of carbonyl (C=O) groups is 1. The topological polar surface area (TPSA) is 46.5 Å². The maximum Gasteiger partial charge on any atom is 0.162 e. The predicted molar refractivity (Wildman–Crippen MR) is 67.5 cm³/mol. The van der Waals surface area contributed by atoms with Crippen molar-refractivity contribution in [3.63, 3.8) is 0 Å². The highest BCUT2D eigenvalue weighted by molar-refractivity contribution is 5.96. The maximum atomic E-state index is 11.8. The molecule has 0 aliphatic carbocycles. The van der Waals surface area contributed by atoms with Crippen LogP contribution in [0.4, 0.5) is 0 Å². The van der Waals surface area contributed by atoms with Crippen LogP contribution in [-0.2, 0) is 0 Å². The largest absolute Gasteiger partial charge is 0.497 e. The van der Waals surface area contributed by atoms with Gasteiger partial charge in [-0.25, -0.2) is 0 Å². The minimum atomic E-state index is -0.272. The molecule has 1 N–H and O–H groups in total. The van der Waals surface area contributed by atoms with Gasteiger partial charge in [0.15, 0.2) is 5.78 Å². The Hall–Kier alpha value is -1.35. The number of methoxy groups -OCH3 is 1. The zero-order valence-corrected chi connectivity index (χ0v) is 10.5. The van der Waals surface area contributed by atoms with E-state index >= 15 is 0 Å². The fourth-order valence-corrected chi connectivity index (χ4v) is 1.65.